The lowest BCUT2D eigenvalue weighted by molar-refractivity contribution is 0.0187. The Bertz CT molecular complexity index is 522. The number of carbonyl (C=O) groups excluding carboxylic acids is 1. The molecule has 1 aromatic heterocycles. The molecule has 1 aliphatic rings. The first kappa shape index (κ1) is 14.6. The molecule has 20 heavy (non-hydrogen) atoms. The highest BCUT2D eigenvalue weighted by Gasteiger charge is 2.27. The van der Waals surface area contributed by atoms with E-state index in [-0.39, 0.29) is 17.7 Å². The maximum Gasteiger partial charge on any atom is 0.410 e. The number of piperidine rings is 1. The SMILES string of the molecule is CC(C)(C)OC(=O)N1CCC(n2ccccc2=O)CC1. The van der Waals surface area contributed by atoms with Crippen molar-refractivity contribution in [2.75, 3.05) is 13.1 Å². The first-order chi connectivity index (χ1) is 9.37. The summed E-state index contributed by atoms with van der Waals surface area (Å²) < 4.78 is 7.12. The summed E-state index contributed by atoms with van der Waals surface area (Å²) in [5.74, 6) is 0. The van der Waals surface area contributed by atoms with E-state index in [9.17, 15) is 9.59 Å². The van der Waals surface area contributed by atoms with Gasteiger partial charge in [0.25, 0.3) is 5.56 Å². The van der Waals surface area contributed by atoms with E-state index < -0.39 is 5.60 Å². The number of nitrogens with zero attached hydrogens (tertiary/aromatic N) is 2. The van der Waals surface area contributed by atoms with Crippen molar-refractivity contribution in [3.05, 3.63) is 34.7 Å². The van der Waals surface area contributed by atoms with Crippen LogP contribution in [0.1, 0.15) is 39.7 Å². The van der Waals surface area contributed by atoms with Crippen molar-refractivity contribution in [3.63, 3.8) is 0 Å². The standard InChI is InChI=1S/C15H22N2O3/c1-15(2,3)20-14(19)16-10-7-12(8-11-16)17-9-5-4-6-13(17)18/h4-6,9,12H,7-8,10-11H2,1-3H3. The average Bonchev–Trinajstić information content (AvgIpc) is 2.37. The van der Waals surface area contributed by atoms with Crippen LogP contribution in [0.15, 0.2) is 29.2 Å². The Labute approximate surface area is 119 Å². The molecule has 1 aliphatic heterocycles. The van der Waals surface area contributed by atoms with Gasteiger partial charge < -0.3 is 14.2 Å². The second-order valence-corrected chi connectivity index (χ2v) is 6.14. The molecular weight excluding hydrogens is 256 g/mol. The summed E-state index contributed by atoms with van der Waals surface area (Å²) in [6, 6.07) is 5.35. The molecule has 110 valence electrons. The van der Waals surface area contributed by atoms with Crippen molar-refractivity contribution in [2.45, 2.75) is 45.3 Å². The molecular formula is C15H22N2O3. The van der Waals surface area contributed by atoms with Crippen LogP contribution in [-0.2, 0) is 4.74 Å². The summed E-state index contributed by atoms with van der Waals surface area (Å²) >= 11 is 0. The fourth-order valence-electron chi connectivity index (χ4n) is 2.39. The summed E-state index contributed by atoms with van der Waals surface area (Å²) in [6.07, 6.45) is 3.11. The highest BCUT2D eigenvalue weighted by molar-refractivity contribution is 5.68. The van der Waals surface area contributed by atoms with E-state index in [1.165, 1.54) is 0 Å². The van der Waals surface area contributed by atoms with E-state index in [4.69, 9.17) is 4.74 Å². The van der Waals surface area contributed by atoms with Crippen LogP contribution in [0.3, 0.4) is 0 Å². The Morgan fingerprint density at radius 2 is 1.90 bits per heavy atom. The molecule has 5 heteroatoms. The van der Waals surface area contributed by atoms with Crippen molar-refractivity contribution in [1.82, 2.24) is 9.47 Å². The molecule has 0 radical (unpaired) electrons. The first-order valence-corrected chi connectivity index (χ1v) is 7.02. The van der Waals surface area contributed by atoms with Gasteiger partial charge in [0, 0.05) is 31.4 Å². The maximum absolute atomic E-state index is 12.0. The van der Waals surface area contributed by atoms with Gasteiger partial charge in [-0.25, -0.2) is 4.79 Å². The van der Waals surface area contributed by atoms with Crippen molar-refractivity contribution in [3.8, 4) is 0 Å². The third-order valence-electron chi connectivity index (χ3n) is 3.36. The lowest BCUT2D eigenvalue weighted by atomic mass is 10.1. The Morgan fingerprint density at radius 1 is 1.25 bits per heavy atom. The Morgan fingerprint density at radius 3 is 2.45 bits per heavy atom. The van der Waals surface area contributed by atoms with E-state index in [1.807, 2.05) is 33.0 Å². The largest absolute Gasteiger partial charge is 0.444 e. The van der Waals surface area contributed by atoms with Gasteiger partial charge in [-0.3, -0.25) is 4.79 Å². The number of likely N-dealkylation sites (tertiary alicyclic amines) is 1. The number of amides is 1. The molecule has 2 heterocycles. The molecule has 0 atom stereocenters. The number of hydrogen-bond donors (Lipinski definition) is 0. The molecule has 1 aromatic rings. The van der Waals surface area contributed by atoms with Crippen LogP contribution in [0.25, 0.3) is 0 Å². The first-order valence-electron chi connectivity index (χ1n) is 7.02. The van der Waals surface area contributed by atoms with E-state index >= 15 is 0 Å². The minimum atomic E-state index is -0.468. The highest BCUT2D eigenvalue weighted by atomic mass is 16.6. The predicted molar refractivity (Wildman–Crippen MR) is 76.8 cm³/mol. The Kier molecular flexibility index (Phi) is 4.16. The van der Waals surface area contributed by atoms with E-state index in [0.29, 0.717) is 13.1 Å². The number of pyridine rings is 1. The highest BCUT2D eigenvalue weighted by Crippen LogP contribution is 2.22. The monoisotopic (exact) mass is 278 g/mol. The molecule has 0 N–H and O–H groups in total. The van der Waals surface area contributed by atoms with Crippen LogP contribution >= 0.6 is 0 Å². The minimum absolute atomic E-state index is 0.0169. The van der Waals surface area contributed by atoms with Gasteiger partial charge in [-0.2, -0.15) is 0 Å². The summed E-state index contributed by atoms with van der Waals surface area (Å²) in [5, 5.41) is 0. The summed E-state index contributed by atoms with van der Waals surface area (Å²) in [4.78, 5) is 25.5. The van der Waals surface area contributed by atoms with Crippen molar-refractivity contribution in [2.24, 2.45) is 0 Å². The van der Waals surface area contributed by atoms with Crippen LogP contribution in [0.2, 0.25) is 0 Å². The Hall–Kier alpha value is -1.78. The van der Waals surface area contributed by atoms with Gasteiger partial charge in [0.2, 0.25) is 0 Å². The fourth-order valence-corrected chi connectivity index (χ4v) is 2.39. The van der Waals surface area contributed by atoms with Crippen LogP contribution in [-0.4, -0.2) is 34.3 Å². The fraction of sp³-hybridized carbons (Fsp3) is 0.600. The smallest absolute Gasteiger partial charge is 0.410 e. The minimum Gasteiger partial charge on any atom is -0.444 e. The van der Waals surface area contributed by atoms with Gasteiger partial charge >= 0.3 is 6.09 Å². The predicted octanol–water partition coefficient (Wildman–Crippen LogP) is 2.42. The third kappa shape index (κ3) is 3.62. The molecule has 0 aromatic carbocycles. The number of hydrogen-bond acceptors (Lipinski definition) is 3. The number of carbonyl (C=O) groups is 1. The molecule has 0 saturated carbocycles. The summed E-state index contributed by atoms with van der Waals surface area (Å²) in [7, 11) is 0. The quantitative estimate of drug-likeness (QED) is 0.792. The van der Waals surface area contributed by atoms with Gasteiger partial charge in [0.05, 0.1) is 0 Å². The van der Waals surface area contributed by atoms with E-state index in [2.05, 4.69) is 0 Å². The van der Waals surface area contributed by atoms with Gasteiger partial charge in [-0.1, -0.05) is 6.07 Å². The van der Waals surface area contributed by atoms with Crippen molar-refractivity contribution in [1.29, 1.82) is 0 Å². The lowest BCUT2D eigenvalue weighted by Crippen LogP contribution is -2.43. The second-order valence-electron chi connectivity index (χ2n) is 6.14. The molecule has 0 spiro atoms. The lowest BCUT2D eigenvalue weighted by Gasteiger charge is -2.34. The summed E-state index contributed by atoms with van der Waals surface area (Å²) in [5.41, 5.74) is -0.451. The molecule has 0 aliphatic carbocycles. The molecule has 5 nitrogen and oxygen atoms in total. The van der Waals surface area contributed by atoms with Crippen LogP contribution in [0.5, 0.6) is 0 Å². The van der Waals surface area contributed by atoms with Crippen molar-refractivity contribution < 1.29 is 9.53 Å². The molecule has 0 bridgehead atoms. The van der Waals surface area contributed by atoms with Crippen molar-refractivity contribution >= 4 is 6.09 Å². The number of aromatic nitrogens is 1. The van der Waals surface area contributed by atoms with Crippen LogP contribution in [0.4, 0.5) is 4.79 Å². The average molecular weight is 278 g/mol. The number of ether oxygens (including phenoxy) is 1. The zero-order valence-electron chi connectivity index (χ0n) is 12.3. The molecule has 1 saturated heterocycles. The molecule has 0 unspecified atom stereocenters. The molecule has 1 fully saturated rings. The third-order valence-corrected chi connectivity index (χ3v) is 3.36. The molecule has 1 amide bonds. The zero-order chi connectivity index (χ0) is 14.8. The van der Waals surface area contributed by atoms with Gasteiger partial charge in [-0.05, 0) is 39.7 Å². The van der Waals surface area contributed by atoms with Crippen LogP contribution < -0.4 is 5.56 Å². The topological polar surface area (TPSA) is 51.5 Å². The maximum atomic E-state index is 12.0. The van der Waals surface area contributed by atoms with Crippen LogP contribution in [0, 0.1) is 0 Å². The van der Waals surface area contributed by atoms with E-state index in [0.717, 1.165) is 12.8 Å². The normalized spacial score (nSPS) is 17.1. The number of rotatable bonds is 1. The van der Waals surface area contributed by atoms with E-state index in [1.54, 1.807) is 21.6 Å². The summed E-state index contributed by atoms with van der Waals surface area (Å²) in [6.45, 7) is 6.84. The zero-order valence-corrected chi connectivity index (χ0v) is 12.3. The van der Waals surface area contributed by atoms with Gasteiger partial charge in [-0.15, -0.1) is 0 Å². The van der Waals surface area contributed by atoms with Gasteiger partial charge in [0.1, 0.15) is 5.60 Å². The van der Waals surface area contributed by atoms with Gasteiger partial charge in [0.15, 0.2) is 0 Å². The molecule has 2 rings (SSSR count). The Balaban J connectivity index is 1.95. The second kappa shape index (κ2) is 5.69.